The van der Waals surface area contributed by atoms with Crippen molar-refractivity contribution >= 4 is 11.7 Å². The highest BCUT2D eigenvalue weighted by Crippen LogP contribution is 2.12. The molecule has 6 nitrogen and oxygen atoms in total. The van der Waals surface area contributed by atoms with E-state index in [-0.39, 0.29) is 11.3 Å². The summed E-state index contributed by atoms with van der Waals surface area (Å²) in [5, 5.41) is 10.4. The molecule has 0 radical (unpaired) electrons. The van der Waals surface area contributed by atoms with Gasteiger partial charge in [-0.05, 0) is 19.1 Å². The Balaban J connectivity index is 2.60. The quantitative estimate of drug-likeness (QED) is 0.339. The normalized spacial score (nSPS) is 10.2. The number of nitro groups is 1. The van der Waals surface area contributed by atoms with Gasteiger partial charge in [0.1, 0.15) is 12.5 Å². The minimum Gasteiger partial charge on any atom is -0.498 e. The third kappa shape index (κ3) is 3.94. The van der Waals surface area contributed by atoms with E-state index in [1.54, 1.807) is 6.92 Å². The van der Waals surface area contributed by atoms with Gasteiger partial charge in [-0.25, -0.2) is 4.79 Å². The van der Waals surface area contributed by atoms with Crippen LogP contribution in [0.3, 0.4) is 0 Å². The predicted octanol–water partition coefficient (Wildman–Crippen LogP) is 2.26. The van der Waals surface area contributed by atoms with Gasteiger partial charge in [-0.1, -0.05) is 0 Å². The Bertz CT molecular complexity index is 424. The van der Waals surface area contributed by atoms with Crippen LogP contribution in [0.5, 0.6) is 0 Å². The second-order valence-electron chi connectivity index (χ2n) is 2.94. The number of hydrogen-bond acceptors (Lipinski definition) is 5. The largest absolute Gasteiger partial charge is 0.498 e. The van der Waals surface area contributed by atoms with E-state index in [9.17, 15) is 14.9 Å². The molecule has 0 aliphatic rings. The van der Waals surface area contributed by atoms with E-state index >= 15 is 0 Å². The highest BCUT2D eigenvalue weighted by atomic mass is 16.6. The van der Waals surface area contributed by atoms with Gasteiger partial charge in [0.05, 0.1) is 17.1 Å². The molecule has 1 rings (SSSR count). The average molecular weight is 237 g/mol. The van der Waals surface area contributed by atoms with E-state index in [0.717, 1.165) is 6.26 Å². The van der Waals surface area contributed by atoms with E-state index < -0.39 is 10.9 Å². The number of nitro benzene ring substituents is 1. The smallest absolute Gasteiger partial charge is 0.343 e. The molecule has 0 fully saturated rings. The number of carbonyl (C=O) groups excluding carboxylic acids is 1. The van der Waals surface area contributed by atoms with Crippen LogP contribution in [0.1, 0.15) is 17.3 Å². The summed E-state index contributed by atoms with van der Waals surface area (Å²) >= 11 is 0. The minimum atomic E-state index is -0.601. The fourth-order valence-electron chi connectivity index (χ4n) is 1.01. The summed E-state index contributed by atoms with van der Waals surface area (Å²) in [6.45, 7) is 2.27. The Morgan fingerprint density at radius 1 is 1.35 bits per heavy atom. The molecule has 0 saturated carbocycles. The lowest BCUT2D eigenvalue weighted by atomic mass is 10.2. The third-order valence-electron chi connectivity index (χ3n) is 1.81. The first-order valence-electron chi connectivity index (χ1n) is 4.87. The second-order valence-corrected chi connectivity index (χ2v) is 2.94. The maximum Gasteiger partial charge on any atom is 0.343 e. The molecule has 0 spiro atoms. The molecule has 0 aromatic heterocycles. The summed E-state index contributed by atoms with van der Waals surface area (Å²) in [5.41, 5.74) is 0.156. The van der Waals surface area contributed by atoms with Crippen molar-refractivity contribution < 1.29 is 19.2 Å². The molecule has 6 heteroatoms. The minimum absolute atomic E-state index is 0.0774. The van der Waals surface area contributed by atoms with Crippen LogP contribution in [0.2, 0.25) is 0 Å². The molecule has 0 atom stereocenters. The van der Waals surface area contributed by atoms with Crippen molar-refractivity contribution in [3.8, 4) is 0 Å². The van der Waals surface area contributed by atoms with Crippen molar-refractivity contribution in [2.24, 2.45) is 0 Å². The van der Waals surface area contributed by atoms with Gasteiger partial charge in [-0.2, -0.15) is 0 Å². The van der Waals surface area contributed by atoms with Crippen LogP contribution in [-0.2, 0) is 9.47 Å². The Kier molecular flexibility index (Phi) is 4.68. The molecule has 17 heavy (non-hydrogen) atoms. The molecule has 1 aromatic carbocycles. The van der Waals surface area contributed by atoms with Crippen molar-refractivity contribution in [1.82, 2.24) is 0 Å². The number of esters is 1. The molecule has 0 aliphatic heterocycles. The van der Waals surface area contributed by atoms with Crippen LogP contribution in [0.4, 0.5) is 5.69 Å². The van der Waals surface area contributed by atoms with Crippen LogP contribution >= 0.6 is 0 Å². The molecule has 90 valence electrons. The maximum atomic E-state index is 11.4. The monoisotopic (exact) mass is 237 g/mol. The second kappa shape index (κ2) is 6.26. The lowest BCUT2D eigenvalue weighted by Crippen LogP contribution is -2.00. The van der Waals surface area contributed by atoms with Gasteiger partial charge in [0.2, 0.25) is 0 Å². The van der Waals surface area contributed by atoms with E-state index in [2.05, 4.69) is 0 Å². The predicted molar refractivity (Wildman–Crippen MR) is 59.3 cm³/mol. The van der Waals surface area contributed by atoms with Gasteiger partial charge in [-0.3, -0.25) is 10.1 Å². The number of carbonyl (C=O) groups is 1. The first-order valence-corrected chi connectivity index (χ1v) is 4.87. The summed E-state index contributed by atoms with van der Waals surface area (Å²) in [6.07, 6.45) is 2.37. The van der Waals surface area contributed by atoms with Crippen LogP contribution < -0.4 is 0 Å². The summed E-state index contributed by atoms with van der Waals surface area (Å²) in [5.74, 6) is -0.601. The number of nitrogens with zero attached hydrogens (tertiary/aromatic N) is 1. The molecule has 1 aromatic rings. The van der Waals surface area contributed by atoms with Crippen LogP contribution in [0.15, 0.2) is 36.8 Å². The summed E-state index contributed by atoms with van der Waals surface area (Å²) < 4.78 is 9.54. The fraction of sp³-hybridized carbons (Fsp3) is 0.182. The van der Waals surface area contributed by atoms with Crippen LogP contribution in [0.25, 0.3) is 0 Å². The molecule has 0 saturated heterocycles. The van der Waals surface area contributed by atoms with Crippen LogP contribution in [0, 0.1) is 10.1 Å². The number of benzene rings is 1. The van der Waals surface area contributed by atoms with Crippen molar-refractivity contribution in [3.05, 3.63) is 52.5 Å². The summed E-state index contributed by atoms with van der Waals surface area (Å²) in [6, 6.07) is 5.13. The molecule has 0 unspecified atom stereocenters. The van der Waals surface area contributed by atoms with Gasteiger partial charge in [0, 0.05) is 12.1 Å². The fourth-order valence-corrected chi connectivity index (χ4v) is 1.01. The van der Waals surface area contributed by atoms with Gasteiger partial charge < -0.3 is 9.47 Å². The molecule has 0 heterocycles. The molecule has 0 N–H and O–H groups in total. The van der Waals surface area contributed by atoms with Gasteiger partial charge >= 0.3 is 5.97 Å². The topological polar surface area (TPSA) is 78.7 Å². The molecule has 0 amide bonds. The molecular formula is C11H11NO5. The Morgan fingerprint density at radius 2 is 2.00 bits per heavy atom. The van der Waals surface area contributed by atoms with E-state index in [1.807, 2.05) is 0 Å². The highest BCUT2D eigenvalue weighted by molar-refractivity contribution is 5.89. The lowest BCUT2D eigenvalue weighted by Gasteiger charge is -1.99. The van der Waals surface area contributed by atoms with Gasteiger partial charge in [-0.15, -0.1) is 0 Å². The lowest BCUT2D eigenvalue weighted by molar-refractivity contribution is -0.384. The maximum absolute atomic E-state index is 11.4. The zero-order valence-corrected chi connectivity index (χ0v) is 9.16. The van der Waals surface area contributed by atoms with Crippen molar-refractivity contribution in [3.63, 3.8) is 0 Å². The van der Waals surface area contributed by atoms with E-state index in [1.165, 1.54) is 30.5 Å². The van der Waals surface area contributed by atoms with Crippen LogP contribution in [-0.4, -0.2) is 17.5 Å². The first kappa shape index (κ1) is 12.7. The molecule has 0 bridgehead atoms. The summed E-state index contributed by atoms with van der Waals surface area (Å²) in [4.78, 5) is 21.2. The molecule has 0 aliphatic carbocycles. The Hall–Kier alpha value is -2.37. The number of rotatable bonds is 5. The van der Waals surface area contributed by atoms with Crippen molar-refractivity contribution in [1.29, 1.82) is 0 Å². The Labute approximate surface area is 97.6 Å². The zero-order chi connectivity index (χ0) is 12.7. The summed E-state index contributed by atoms with van der Waals surface area (Å²) in [7, 11) is 0. The highest BCUT2D eigenvalue weighted by Gasteiger charge is 2.09. The van der Waals surface area contributed by atoms with Gasteiger partial charge in [0.15, 0.2) is 0 Å². The first-order chi connectivity index (χ1) is 8.15. The number of hydrogen-bond donors (Lipinski definition) is 0. The SMILES string of the molecule is CCO/C=C/OC(=O)c1ccc([N+](=O)[O-])cc1. The van der Waals surface area contributed by atoms with Crippen molar-refractivity contribution in [2.75, 3.05) is 6.61 Å². The van der Waals surface area contributed by atoms with E-state index in [0.29, 0.717) is 6.61 Å². The van der Waals surface area contributed by atoms with Gasteiger partial charge in [0.25, 0.3) is 5.69 Å². The third-order valence-corrected chi connectivity index (χ3v) is 1.81. The number of non-ortho nitro benzene ring substituents is 1. The van der Waals surface area contributed by atoms with E-state index in [4.69, 9.17) is 9.47 Å². The average Bonchev–Trinajstić information content (AvgIpc) is 2.34. The molecular weight excluding hydrogens is 226 g/mol. The van der Waals surface area contributed by atoms with Crippen molar-refractivity contribution in [2.45, 2.75) is 6.92 Å². The standard InChI is InChI=1S/C11H11NO5/c1-2-16-7-8-17-11(13)9-3-5-10(6-4-9)12(14)15/h3-8H,2H2,1H3/b8-7+. The number of ether oxygens (including phenoxy) is 2. The Morgan fingerprint density at radius 3 is 2.53 bits per heavy atom. The zero-order valence-electron chi connectivity index (χ0n) is 9.16.